The molecule has 1 amide bonds. The largest absolute Gasteiger partial charge is 0.480 e. The van der Waals surface area contributed by atoms with E-state index in [0.29, 0.717) is 31.0 Å². The van der Waals surface area contributed by atoms with E-state index in [0.717, 1.165) is 10.8 Å². The second-order valence-electron chi connectivity index (χ2n) is 7.05. The molecule has 0 aliphatic carbocycles. The molecule has 2 atom stereocenters. The second kappa shape index (κ2) is 7.34. The summed E-state index contributed by atoms with van der Waals surface area (Å²) < 4.78 is 5.98. The summed E-state index contributed by atoms with van der Waals surface area (Å²) in [5, 5.41) is 2.02. The van der Waals surface area contributed by atoms with E-state index in [1.165, 1.54) is 6.07 Å². The summed E-state index contributed by atoms with van der Waals surface area (Å²) in [4.78, 5) is 42.4. The molecule has 28 heavy (non-hydrogen) atoms. The van der Waals surface area contributed by atoms with Crippen molar-refractivity contribution >= 4 is 16.7 Å². The predicted molar refractivity (Wildman–Crippen MR) is 106 cm³/mol. The summed E-state index contributed by atoms with van der Waals surface area (Å²) in [6.07, 6.45) is 0.0503. The maximum atomic E-state index is 12.9. The molecule has 2 heterocycles. The molecule has 0 radical (unpaired) electrons. The van der Waals surface area contributed by atoms with Gasteiger partial charge in [-0.25, -0.2) is 4.79 Å². The van der Waals surface area contributed by atoms with Crippen LogP contribution >= 0.6 is 0 Å². The molecule has 1 aliphatic rings. The fourth-order valence-corrected chi connectivity index (χ4v) is 3.72. The summed E-state index contributed by atoms with van der Waals surface area (Å²) >= 11 is 0. The zero-order chi connectivity index (χ0) is 19.7. The van der Waals surface area contributed by atoms with E-state index in [4.69, 9.17) is 4.74 Å². The van der Waals surface area contributed by atoms with Gasteiger partial charge in [0.15, 0.2) is 6.10 Å². The van der Waals surface area contributed by atoms with Crippen molar-refractivity contribution in [2.75, 3.05) is 13.1 Å². The Morgan fingerprint density at radius 2 is 1.93 bits per heavy atom. The number of amides is 1. The summed E-state index contributed by atoms with van der Waals surface area (Å²) in [5.41, 5.74) is -0.400. The van der Waals surface area contributed by atoms with Crippen LogP contribution in [0, 0.1) is 0 Å². The number of hydrogen-bond donors (Lipinski definition) is 2. The molecular weight excluding hydrogens is 358 g/mol. The average Bonchev–Trinajstić information content (AvgIpc) is 3.17. The number of nitrogens with zero attached hydrogens (tertiary/aromatic N) is 1. The summed E-state index contributed by atoms with van der Waals surface area (Å²) in [6.45, 7) is 2.75. The Kier molecular flexibility index (Phi) is 4.73. The van der Waals surface area contributed by atoms with E-state index < -0.39 is 17.4 Å². The summed E-state index contributed by atoms with van der Waals surface area (Å²) in [6, 6.07) is 15.0. The fraction of sp³-hybridized carbons (Fsp3) is 0.286. The molecule has 1 aliphatic heterocycles. The van der Waals surface area contributed by atoms with Gasteiger partial charge in [-0.15, -0.1) is 0 Å². The van der Waals surface area contributed by atoms with Crippen LogP contribution in [0.4, 0.5) is 0 Å². The van der Waals surface area contributed by atoms with Crippen molar-refractivity contribution in [2.45, 2.75) is 25.4 Å². The second-order valence-corrected chi connectivity index (χ2v) is 7.05. The highest BCUT2D eigenvalue weighted by Gasteiger charge is 2.31. The van der Waals surface area contributed by atoms with Gasteiger partial charge in [-0.05, 0) is 24.8 Å². The topological polar surface area (TPSA) is 95.3 Å². The van der Waals surface area contributed by atoms with Gasteiger partial charge >= 0.3 is 5.69 Å². The van der Waals surface area contributed by atoms with E-state index in [2.05, 4.69) is 9.97 Å². The molecule has 1 aromatic heterocycles. The number of hydrogen-bond acceptors (Lipinski definition) is 4. The molecule has 7 heteroatoms. The number of ether oxygens (including phenoxy) is 1. The van der Waals surface area contributed by atoms with E-state index in [9.17, 15) is 14.4 Å². The van der Waals surface area contributed by atoms with Crippen LogP contribution in [0.5, 0.6) is 5.75 Å². The molecule has 144 valence electrons. The van der Waals surface area contributed by atoms with Gasteiger partial charge in [0.25, 0.3) is 11.5 Å². The van der Waals surface area contributed by atoms with Crippen molar-refractivity contribution in [3.63, 3.8) is 0 Å². The van der Waals surface area contributed by atoms with E-state index in [1.54, 1.807) is 11.8 Å². The van der Waals surface area contributed by atoms with Crippen molar-refractivity contribution in [1.29, 1.82) is 0 Å². The molecule has 7 nitrogen and oxygen atoms in total. The monoisotopic (exact) mass is 379 g/mol. The number of carbonyl (C=O) groups excluding carboxylic acids is 1. The van der Waals surface area contributed by atoms with Crippen LogP contribution in [-0.2, 0) is 4.79 Å². The summed E-state index contributed by atoms with van der Waals surface area (Å²) in [7, 11) is 0. The lowest BCUT2D eigenvalue weighted by Gasteiger charge is -2.22. The minimum atomic E-state index is -0.636. The van der Waals surface area contributed by atoms with Gasteiger partial charge in [0.05, 0.1) is 0 Å². The van der Waals surface area contributed by atoms with Gasteiger partial charge in [-0.1, -0.05) is 36.4 Å². The highest BCUT2D eigenvalue weighted by atomic mass is 16.5. The molecule has 0 bridgehead atoms. The number of likely N-dealkylation sites (tertiary alicyclic amines) is 1. The maximum Gasteiger partial charge on any atom is 0.325 e. The van der Waals surface area contributed by atoms with Crippen molar-refractivity contribution < 1.29 is 9.53 Å². The molecular formula is C21H21N3O4. The quantitative estimate of drug-likeness (QED) is 0.725. The maximum absolute atomic E-state index is 12.9. The third-order valence-electron chi connectivity index (χ3n) is 5.12. The van der Waals surface area contributed by atoms with Crippen molar-refractivity contribution in [1.82, 2.24) is 14.9 Å². The van der Waals surface area contributed by atoms with E-state index in [1.807, 2.05) is 42.5 Å². The van der Waals surface area contributed by atoms with Crippen molar-refractivity contribution in [3.8, 4) is 5.75 Å². The first kappa shape index (κ1) is 18.0. The smallest absolute Gasteiger partial charge is 0.325 e. The molecule has 0 saturated carbocycles. The summed E-state index contributed by atoms with van der Waals surface area (Å²) in [5.74, 6) is 0.500. The van der Waals surface area contributed by atoms with Gasteiger partial charge in [-0.2, -0.15) is 0 Å². The van der Waals surface area contributed by atoms with Crippen LogP contribution in [0.25, 0.3) is 10.8 Å². The number of benzene rings is 2. The predicted octanol–water partition coefficient (Wildman–Crippen LogP) is 2.00. The molecule has 1 saturated heterocycles. The molecule has 4 rings (SSSR count). The molecule has 2 aromatic carbocycles. The Bertz CT molecular complexity index is 1100. The Labute approximate surface area is 161 Å². The number of carbonyl (C=O) groups is 1. The fourth-order valence-electron chi connectivity index (χ4n) is 3.72. The zero-order valence-electron chi connectivity index (χ0n) is 15.5. The Morgan fingerprint density at radius 1 is 1.14 bits per heavy atom. The normalized spacial score (nSPS) is 17.6. The molecule has 2 unspecified atom stereocenters. The van der Waals surface area contributed by atoms with Gasteiger partial charge in [0, 0.05) is 36.2 Å². The van der Waals surface area contributed by atoms with Gasteiger partial charge < -0.3 is 14.6 Å². The Hall–Kier alpha value is -3.35. The first-order chi connectivity index (χ1) is 13.5. The third kappa shape index (κ3) is 3.55. The van der Waals surface area contributed by atoms with Crippen molar-refractivity contribution in [2.24, 2.45) is 0 Å². The Morgan fingerprint density at radius 3 is 2.75 bits per heavy atom. The molecule has 1 fully saturated rings. The number of nitrogens with one attached hydrogen (secondary N) is 2. The zero-order valence-corrected chi connectivity index (χ0v) is 15.5. The lowest BCUT2D eigenvalue weighted by Crippen LogP contribution is -2.39. The van der Waals surface area contributed by atoms with Crippen LogP contribution < -0.4 is 16.0 Å². The van der Waals surface area contributed by atoms with Crippen molar-refractivity contribution in [3.05, 3.63) is 75.1 Å². The number of rotatable bonds is 4. The Balaban J connectivity index is 1.47. The SMILES string of the molecule is CC(Oc1cccc2ccccc12)C(=O)N1CCC(c2cc(=O)[nH]c(=O)[nH]2)C1. The standard InChI is InChI=1S/C21H21N3O4/c1-13(28-18-8-4-6-14-5-2-3-7-16(14)18)20(26)24-10-9-15(12-24)17-11-19(25)23-21(27)22-17/h2-8,11,13,15H,9-10,12H2,1H3,(H2,22,23,25,27). The first-order valence-corrected chi connectivity index (χ1v) is 9.28. The highest BCUT2D eigenvalue weighted by Crippen LogP contribution is 2.28. The van der Waals surface area contributed by atoms with Crippen LogP contribution in [-0.4, -0.2) is 40.0 Å². The minimum Gasteiger partial charge on any atom is -0.480 e. The third-order valence-corrected chi connectivity index (χ3v) is 5.12. The lowest BCUT2D eigenvalue weighted by atomic mass is 10.1. The van der Waals surface area contributed by atoms with E-state index in [-0.39, 0.29) is 11.8 Å². The molecule has 0 spiro atoms. The number of aromatic amines is 2. The number of H-pyrrole nitrogens is 2. The van der Waals surface area contributed by atoms with E-state index >= 15 is 0 Å². The lowest BCUT2D eigenvalue weighted by molar-refractivity contribution is -0.136. The number of aromatic nitrogens is 2. The molecule has 3 aromatic rings. The van der Waals surface area contributed by atoms with Gasteiger partial charge in [0.2, 0.25) is 0 Å². The minimum absolute atomic E-state index is 0.0660. The van der Waals surface area contributed by atoms with Gasteiger partial charge in [-0.3, -0.25) is 14.6 Å². The van der Waals surface area contributed by atoms with Crippen LogP contribution in [0.15, 0.2) is 58.1 Å². The van der Waals surface area contributed by atoms with Crippen LogP contribution in [0.1, 0.15) is 25.0 Å². The van der Waals surface area contributed by atoms with Crippen LogP contribution in [0.2, 0.25) is 0 Å². The average molecular weight is 379 g/mol. The highest BCUT2D eigenvalue weighted by molar-refractivity contribution is 5.89. The molecule has 2 N–H and O–H groups in total. The number of fused-ring (bicyclic) bond motifs is 1. The first-order valence-electron chi connectivity index (χ1n) is 9.28. The van der Waals surface area contributed by atoms with Gasteiger partial charge in [0.1, 0.15) is 5.75 Å². The van der Waals surface area contributed by atoms with Crippen LogP contribution in [0.3, 0.4) is 0 Å².